The van der Waals surface area contributed by atoms with Crippen molar-refractivity contribution >= 4 is 34.8 Å². The van der Waals surface area contributed by atoms with Crippen LogP contribution in [0.25, 0.3) is 0 Å². The van der Waals surface area contributed by atoms with Crippen molar-refractivity contribution in [2.75, 3.05) is 5.32 Å². The molecule has 2 rings (SSSR count). The minimum absolute atomic E-state index is 0.0498. The topological polar surface area (TPSA) is 29.1 Å². The zero-order valence-electron chi connectivity index (χ0n) is 12.7. The second-order valence-corrected chi connectivity index (χ2v) is 6.48. The molecule has 0 aliphatic carbocycles. The fraction of sp³-hybridized carbons (Fsp3) is 0.278. The van der Waals surface area contributed by atoms with Gasteiger partial charge in [0.05, 0.1) is 0 Å². The molecule has 0 aliphatic heterocycles. The lowest BCUT2D eigenvalue weighted by Gasteiger charge is -2.08. The molecule has 0 bridgehead atoms. The van der Waals surface area contributed by atoms with Gasteiger partial charge in [-0.25, -0.2) is 0 Å². The second-order valence-electron chi connectivity index (χ2n) is 5.60. The largest absolute Gasteiger partial charge is 0.326 e. The van der Waals surface area contributed by atoms with Crippen LogP contribution in [0.2, 0.25) is 10.0 Å². The highest BCUT2D eigenvalue weighted by Gasteiger charge is 2.06. The smallest absolute Gasteiger partial charge is 0.224 e. The Balaban J connectivity index is 1.89. The van der Waals surface area contributed by atoms with Gasteiger partial charge in [-0.1, -0.05) is 61.3 Å². The van der Waals surface area contributed by atoms with Crippen LogP contribution in [0.15, 0.2) is 42.5 Å². The number of amides is 1. The molecule has 22 heavy (non-hydrogen) atoms. The Morgan fingerprint density at radius 2 is 1.64 bits per heavy atom. The molecule has 0 heterocycles. The number of nitrogens with one attached hydrogen (secondary N) is 1. The van der Waals surface area contributed by atoms with Gasteiger partial charge in [-0.2, -0.15) is 0 Å². The molecule has 0 spiro atoms. The average Bonchev–Trinajstić information content (AvgIpc) is 2.44. The van der Waals surface area contributed by atoms with Crippen molar-refractivity contribution in [1.82, 2.24) is 0 Å². The summed E-state index contributed by atoms with van der Waals surface area (Å²) in [7, 11) is 0. The van der Waals surface area contributed by atoms with Crippen LogP contribution >= 0.6 is 23.2 Å². The molecule has 0 saturated heterocycles. The Bertz CT molecular complexity index is 630. The van der Waals surface area contributed by atoms with Crippen molar-refractivity contribution in [3.8, 4) is 0 Å². The molecule has 0 unspecified atom stereocenters. The minimum atomic E-state index is -0.0498. The van der Waals surface area contributed by atoms with Crippen LogP contribution in [0.4, 0.5) is 5.69 Å². The van der Waals surface area contributed by atoms with E-state index in [9.17, 15) is 4.79 Å². The summed E-state index contributed by atoms with van der Waals surface area (Å²) in [4.78, 5) is 12.0. The highest BCUT2D eigenvalue weighted by Crippen LogP contribution is 2.22. The molecule has 0 atom stereocenters. The van der Waals surface area contributed by atoms with E-state index in [-0.39, 0.29) is 5.91 Å². The van der Waals surface area contributed by atoms with Gasteiger partial charge in [-0.3, -0.25) is 4.79 Å². The molecule has 0 aliphatic rings. The Labute approximate surface area is 141 Å². The molecular formula is C18H19Cl2NO. The molecule has 2 aromatic rings. The number of benzene rings is 2. The van der Waals surface area contributed by atoms with Crippen molar-refractivity contribution < 1.29 is 4.79 Å². The predicted molar refractivity (Wildman–Crippen MR) is 93.9 cm³/mol. The fourth-order valence-corrected chi connectivity index (χ4v) is 2.70. The van der Waals surface area contributed by atoms with E-state index >= 15 is 0 Å². The maximum absolute atomic E-state index is 12.0. The van der Waals surface area contributed by atoms with E-state index in [4.69, 9.17) is 23.2 Å². The number of carbonyl (C=O) groups is 1. The molecule has 0 fully saturated rings. The fourth-order valence-electron chi connectivity index (χ4n) is 2.18. The number of hydrogen-bond acceptors (Lipinski definition) is 1. The monoisotopic (exact) mass is 335 g/mol. The van der Waals surface area contributed by atoms with Crippen molar-refractivity contribution in [2.24, 2.45) is 0 Å². The zero-order valence-corrected chi connectivity index (χ0v) is 14.2. The van der Waals surface area contributed by atoms with E-state index in [1.807, 2.05) is 0 Å². The summed E-state index contributed by atoms with van der Waals surface area (Å²) in [5.41, 5.74) is 3.09. The summed E-state index contributed by atoms with van der Waals surface area (Å²) in [6.45, 7) is 4.33. The van der Waals surface area contributed by atoms with Crippen LogP contribution in [0.3, 0.4) is 0 Å². The first-order chi connectivity index (χ1) is 10.4. The first-order valence-electron chi connectivity index (χ1n) is 7.29. The van der Waals surface area contributed by atoms with Gasteiger partial charge in [0.25, 0.3) is 0 Å². The van der Waals surface area contributed by atoms with Gasteiger partial charge in [-0.15, -0.1) is 0 Å². The highest BCUT2D eigenvalue weighted by atomic mass is 35.5. The van der Waals surface area contributed by atoms with Gasteiger partial charge in [-0.05, 0) is 41.7 Å². The van der Waals surface area contributed by atoms with Crippen LogP contribution in [0, 0.1) is 0 Å². The van der Waals surface area contributed by atoms with Gasteiger partial charge >= 0.3 is 0 Å². The van der Waals surface area contributed by atoms with Crippen LogP contribution in [-0.2, 0) is 11.2 Å². The van der Waals surface area contributed by atoms with Gasteiger partial charge in [0, 0.05) is 22.2 Å². The van der Waals surface area contributed by atoms with E-state index < -0.39 is 0 Å². The number of anilines is 1. The summed E-state index contributed by atoms with van der Waals surface area (Å²) < 4.78 is 0. The molecule has 0 saturated carbocycles. The van der Waals surface area contributed by atoms with Crippen LogP contribution < -0.4 is 5.32 Å². The number of hydrogen-bond donors (Lipinski definition) is 1. The second kappa shape index (κ2) is 7.66. The summed E-state index contributed by atoms with van der Waals surface area (Å²) in [6, 6.07) is 13.4. The van der Waals surface area contributed by atoms with Crippen molar-refractivity contribution in [2.45, 2.75) is 32.6 Å². The molecule has 0 radical (unpaired) electrons. The lowest BCUT2D eigenvalue weighted by atomic mass is 10.0. The zero-order chi connectivity index (χ0) is 16.1. The van der Waals surface area contributed by atoms with Crippen LogP contribution in [0.5, 0.6) is 0 Å². The molecule has 2 aromatic carbocycles. The molecule has 1 amide bonds. The predicted octanol–water partition coefficient (Wildman–Crippen LogP) is 5.69. The van der Waals surface area contributed by atoms with Crippen LogP contribution in [-0.4, -0.2) is 5.91 Å². The van der Waals surface area contributed by atoms with E-state index in [0.29, 0.717) is 34.5 Å². The quantitative estimate of drug-likeness (QED) is 0.747. The number of carbonyl (C=O) groups excluding carboxylic acids is 1. The summed E-state index contributed by atoms with van der Waals surface area (Å²) >= 11 is 11.8. The van der Waals surface area contributed by atoms with Crippen molar-refractivity contribution in [3.63, 3.8) is 0 Å². The van der Waals surface area contributed by atoms with E-state index in [0.717, 1.165) is 5.56 Å². The maximum Gasteiger partial charge on any atom is 0.224 e. The number of aryl methyl sites for hydroxylation is 1. The first-order valence-corrected chi connectivity index (χ1v) is 8.04. The third kappa shape index (κ3) is 5.04. The first kappa shape index (κ1) is 16.9. The highest BCUT2D eigenvalue weighted by molar-refractivity contribution is 6.35. The minimum Gasteiger partial charge on any atom is -0.326 e. The Morgan fingerprint density at radius 3 is 2.18 bits per heavy atom. The third-order valence-corrected chi connectivity index (χ3v) is 3.87. The maximum atomic E-state index is 12.0. The average molecular weight is 336 g/mol. The van der Waals surface area contributed by atoms with Gasteiger partial charge in [0.15, 0.2) is 0 Å². The lowest BCUT2D eigenvalue weighted by Crippen LogP contribution is -2.12. The molecular weight excluding hydrogens is 317 g/mol. The summed E-state index contributed by atoms with van der Waals surface area (Å²) in [5.74, 6) is 0.469. The van der Waals surface area contributed by atoms with Crippen LogP contribution in [0.1, 0.15) is 37.3 Å². The van der Waals surface area contributed by atoms with Gasteiger partial charge in [0.1, 0.15) is 0 Å². The van der Waals surface area contributed by atoms with Crippen molar-refractivity contribution in [3.05, 3.63) is 63.6 Å². The third-order valence-electron chi connectivity index (χ3n) is 3.43. The Kier molecular flexibility index (Phi) is 5.87. The normalized spacial score (nSPS) is 10.8. The van der Waals surface area contributed by atoms with E-state index in [1.54, 1.807) is 18.2 Å². The van der Waals surface area contributed by atoms with Crippen molar-refractivity contribution in [1.29, 1.82) is 0 Å². The molecule has 116 valence electrons. The Morgan fingerprint density at radius 1 is 1.05 bits per heavy atom. The standard InChI is InChI=1S/C18H19Cl2NO/c1-12(2)14-6-3-13(4-7-14)5-8-18(22)21-17-10-15(19)9-16(20)11-17/h3-4,6-7,9-12H,5,8H2,1-2H3,(H,21,22). The van der Waals surface area contributed by atoms with E-state index in [1.165, 1.54) is 5.56 Å². The SMILES string of the molecule is CC(C)c1ccc(CCC(=O)Nc2cc(Cl)cc(Cl)c2)cc1. The molecule has 0 aromatic heterocycles. The molecule has 2 nitrogen and oxygen atoms in total. The number of halogens is 2. The van der Waals surface area contributed by atoms with Gasteiger partial charge < -0.3 is 5.32 Å². The Hall–Kier alpha value is -1.51. The molecule has 1 N–H and O–H groups in total. The summed E-state index contributed by atoms with van der Waals surface area (Å²) in [6.07, 6.45) is 1.13. The lowest BCUT2D eigenvalue weighted by molar-refractivity contribution is -0.116. The van der Waals surface area contributed by atoms with Gasteiger partial charge in [0.2, 0.25) is 5.91 Å². The van der Waals surface area contributed by atoms with E-state index in [2.05, 4.69) is 43.4 Å². The molecule has 4 heteroatoms. The number of rotatable bonds is 5. The summed E-state index contributed by atoms with van der Waals surface area (Å²) in [5, 5.41) is 3.83.